The Labute approximate surface area is 114 Å². The van der Waals surface area contributed by atoms with Gasteiger partial charge in [-0.05, 0) is 19.3 Å². The molecule has 112 valence electrons. The molecule has 0 aliphatic carbocycles. The molecule has 0 spiro atoms. The average molecular weight is 291 g/mol. The number of nitrogens with zero attached hydrogens (tertiary/aromatic N) is 4. The van der Waals surface area contributed by atoms with Crippen LogP contribution in [0.4, 0.5) is 25.1 Å². The highest BCUT2D eigenvalue weighted by Crippen LogP contribution is 2.22. The van der Waals surface area contributed by atoms with Gasteiger partial charge < -0.3 is 15.4 Å². The van der Waals surface area contributed by atoms with Gasteiger partial charge in [-0.3, -0.25) is 0 Å². The molecule has 1 saturated heterocycles. The van der Waals surface area contributed by atoms with E-state index in [1.807, 2.05) is 4.90 Å². The van der Waals surface area contributed by atoms with E-state index >= 15 is 0 Å². The predicted octanol–water partition coefficient (Wildman–Crippen LogP) is 1.78. The van der Waals surface area contributed by atoms with Crippen molar-refractivity contribution in [2.45, 2.75) is 31.9 Å². The molecule has 1 aromatic heterocycles. The lowest BCUT2D eigenvalue weighted by Crippen LogP contribution is -2.22. The first-order chi connectivity index (χ1) is 9.44. The van der Waals surface area contributed by atoms with Crippen LogP contribution in [-0.2, 0) is 0 Å². The minimum Gasteiger partial charge on any atom is -0.463 e. The lowest BCUT2D eigenvalue weighted by atomic mass is 10.3. The number of hydrogen-bond donors (Lipinski definition) is 1. The van der Waals surface area contributed by atoms with Gasteiger partial charge in [0.1, 0.15) is 0 Å². The molecule has 2 heterocycles. The minimum atomic E-state index is -4.18. The van der Waals surface area contributed by atoms with Gasteiger partial charge in [-0.15, -0.1) is 0 Å². The van der Waals surface area contributed by atoms with Gasteiger partial charge in [0.25, 0.3) is 0 Å². The van der Waals surface area contributed by atoms with Gasteiger partial charge in [0, 0.05) is 19.5 Å². The molecule has 0 saturated carbocycles. The van der Waals surface area contributed by atoms with E-state index in [1.54, 1.807) is 0 Å². The summed E-state index contributed by atoms with van der Waals surface area (Å²) in [5.74, 6) is 0.425. The first-order valence-corrected chi connectivity index (χ1v) is 6.40. The smallest absolute Gasteiger partial charge is 0.389 e. The highest BCUT2D eigenvalue weighted by Gasteiger charge is 2.26. The fourth-order valence-corrected chi connectivity index (χ4v) is 1.92. The van der Waals surface area contributed by atoms with E-state index in [9.17, 15) is 13.2 Å². The van der Waals surface area contributed by atoms with Crippen LogP contribution in [0.15, 0.2) is 0 Å². The van der Waals surface area contributed by atoms with Gasteiger partial charge in [0.05, 0.1) is 6.61 Å². The summed E-state index contributed by atoms with van der Waals surface area (Å²) in [5.41, 5.74) is 5.55. The number of aromatic nitrogens is 3. The van der Waals surface area contributed by atoms with Gasteiger partial charge in [0.2, 0.25) is 11.9 Å². The molecule has 2 N–H and O–H groups in total. The van der Waals surface area contributed by atoms with Crippen LogP contribution >= 0.6 is 0 Å². The second kappa shape index (κ2) is 6.10. The number of anilines is 2. The van der Waals surface area contributed by atoms with Crippen LogP contribution in [0.3, 0.4) is 0 Å². The van der Waals surface area contributed by atoms with Crippen LogP contribution in [0.1, 0.15) is 25.7 Å². The number of ether oxygens (including phenoxy) is 1. The minimum absolute atomic E-state index is 0.00715. The van der Waals surface area contributed by atoms with Crippen LogP contribution in [-0.4, -0.2) is 40.8 Å². The number of alkyl halides is 3. The quantitative estimate of drug-likeness (QED) is 0.833. The van der Waals surface area contributed by atoms with Crippen molar-refractivity contribution in [3.63, 3.8) is 0 Å². The van der Waals surface area contributed by atoms with E-state index in [0.29, 0.717) is 5.95 Å². The summed E-state index contributed by atoms with van der Waals surface area (Å²) in [4.78, 5) is 13.8. The predicted molar refractivity (Wildman–Crippen MR) is 66.5 cm³/mol. The Hall–Kier alpha value is -1.80. The van der Waals surface area contributed by atoms with Crippen molar-refractivity contribution in [3.05, 3.63) is 0 Å². The van der Waals surface area contributed by atoms with Gasteiger partial charge in [-0.25, -0.2) is 0 Å². The molecule has 1 aliphatic rings. The molecule has 1 aromatic rings. The maximum Gasteiger partial charge on any atom is 0.389 e. The van der Waals surface area contributed by atoms with Crippen molar-refractivity contribution >= 4 is 11.9 Å². The van der Waals surface area contributed by atoms with E-state index in [0.717, 1.165) is 25.9 Å². The maximum atomic E-state index is 12.0. The first kappa shape index (κ1) is 14.6. The van der Waals surface area contributed by atoms with Crippen molar-refractivity contribution < 1.29 is 17.9 Å². The molecule has 2 rings (SSSR count). The van der Waals surface area contributed by atoms with Crippen molar-refractivity contribution in [1.82, 2.24) is 15.0 Å². The molecule has 0 aromatic carbocycles. The number of halogens is 3. The molecule has 1 fully saturated rings. The molecule has 1 aliphatic heterocycles. The standard InChI is InChI=1S/C11H16F3N5O/c12-11(13,14)4-3-7-20-10-17-8(15)16-9(18-10)19-5-1-2-6-19/h1-7H2,(H2,15,16,17,18). The topological polar surface area (TPSA) is 77.2 Å². The zero-order valence-electron chi connectivity index (χ0n) is 10.9. The zero-order chi connectivity index (χ0) is 14.6. The fourth-order valence-electron chi connectivity index (χ4n) is 1.92. The Morgan fingerprint density at radius 2 is 1.85 bits per heavy atom. The third kappa shape index (κ3) is 4.39. The van der Waals surface area contributed by atoms with E-state index < -0.39 is 12.6 Å². The monoisotopic (exact) mass is 291 g/mol. The summed E-state index contributed by atoms with van der Waals surface area (Å²) in [7, 11) is 0. The van der Waals surface area contributed by atoms with Gasteiger partial charge >= 0.3 is 12.2 Å². The summed E-state index contributed by atoms with van der Waals surface area (Å²) in [6, 6.07) is -0.0263. The third-order valence-electron chi connectivity index (χ3n) is 2.85. The SMILES string of the molecule is Nc1nc(OCCCC(F)(F)F)nc(N2CCCC2)n1. The lowest BCUT2D eigenvalue weighted by molar-refractivity contribution is -0.136. The van der Waals surface area contributed by atoms with Crippen LogP contribution in [0.2, 0.25) is 0 Å². The molecule has 9 heteroatoms. The van der Waals surface area contributed by atoms with Crippen molar-refractivity contribution in [2.75, 3.05) is 30.3 Å². The Balaban J connectivity index is 1.91. The van der Waals surface area contributed by atoms with Crippen LogP contribution in [0.25, 0.3) is 0 Å². The normalized spacial score (nSPS) is 15.7. The van der Waals surface area contributed by atoms with E-state index in [4.69, 9.17) is 10.5 Å². The molecule has 20 heavy (non-hydrogen) atoms. The van der Waals surface area contributed by atoms with Gasteiger partial charge in [-0.2, -0.15) is 28.1 Å². The zero-order valence-corrected chi connectivity index (χ0v) is 10.9. The highest BCUT2D eigenvalue weighted by molar-refractivity contribution is 5.36. The lowest BCUT2D eigenvalue weighted by Gasteiger charge is -2.15. The van der Waals surface area contributed by atoms with Crippen LogP contribution in [0, 0.1) is 0 Å². The van der Waals surface area contributed by atoms with Gasteiger partial charge in [0.15, 0.2) is 0 Å². The van der Waals surface area contributed by atoms with E-state index in [-0.39, 0.29) is 25.0 Å². The number of rotatable bonds is 5. The largest absolute Gasteiger partial charge is 0.463 e. The van der Waals surface area contributed by atoms with Crippen molar-refractivity contribution in [3.8, 4) is 6.01 Å². The second-order valence-electron chi connectivity index (χ2n) is 4.54. The molecule has 0 bridgehead atoms. The average Bonchev–Trinajstić information content (AvgIpc) is 2.86. The Morgan fingerprint density at radius 3 is 2.50 bits per heavy atom. The van der Waals surface area contributed by atoms with Crippen LogP contribution in [0.5, 0.6) is 6.01 Å². The van der Waals surface area contributed by atoms with Crippen LogP contribution < -0.4 is 15.4 Å². The number of hydrogen-bond acceptors (Lipinski definition) is 6. The molecular weight excluding hydrogens is 275 g/mol. The number of nitrogens with two attached hydrogens (primary N) is 1. The molecule has 0 unspecified atom stereocenters. The summed E-state index contributed by atoms with van der Waals surface area (Å²) < 4.78 is 41.1. The Bertz CT molecular complexity index is 448. The maximum absolute atomic E-state index is 12.0. The summed E-state index contributed by atoms with van der Waals surface area (Å²) in [6.45, 7) is 1.55. The Morgan fingerprint density at radius 1 is 1.15 bits per heavy atom. The molecule has 0 amide bonds. The van der Waals surface area contributed by atoms with Crippen molar-refractivity contribution in [2.24, 2.45) is 0 Å². The highest BCUT2D eigenvalue weighted by atomic mass is 19.4. The number of nitrogen functional groups attached to an aromatic ring is 1. The summed E-state index contributed by atoms with van der Waals surface area (Å²) >= 11 is 0. The van der Waals surface area contributed by atoms with E-state index in [2.05, 4.69) is 15.0 Å². The first-order valence-electron chi connectivity index (χ1n) is 6.40. The second-order valence-corrected chi connectivity index (χ2v) is 4.54. The fraction of sp³-hybridized carbons (Fsp3) is 0.727. The summed E-state index contributed by atoms with van der Waals surface area (Å²) in [6.07, 6.45) is -3.12. The van der Waals surface area contributed by atoms with Crippen molar-refractivity contribution in [1.29, 1.82) is 0 Å². The molecular formula is C11H16F3N5O. The molecule has 6 nitrogen and oxygen atoms in total. The molecule has 0 radical (unpaired) electrons. The van der Waals surface area contributed by atoms with Gasteiger partial charge in [-0.1, -0.05) is 0 Å². The third-order valence-corrected chi connectivity index (χ3v) is 2.85. The van der Waals surface area contributed by atoms with E-state index in [1.165, 1.54) is 0 Å². The molecule has 0 atom stereocenters. The Kier molecular flexibility index (Phi) is 4.46. The summed E-state index contributed by atoms with van der Waals surface area (Å²) in [5, 5.41) is 0.